The van der Waals surface area contributed by atoms with Crippen LogP contribution in [-0.4, -0.2) is 11.7 Å². The zero-order valence-electron chi connectivity index (χ0n) is 9.77. The number of allylic oxidation sites excluding steroid dienone is 4. The highest BCUT2D eigenvalue weighted by Gasteiger charge is 2.26. The fraction of sp³-hybridized carbons (Fsp3) is 0.615. The van der Waals surface area contributed by atoms with Crippen LogP contribution in [0.3, 0.4) is 0 Å². The summed E-state index contributed by atoms with van der Waals surface area (Å²) < 4.78 is 0. The van der Waals surface area contributed by atoms with Crippen LogP contribution < -0.4 is 0 Å². The highest BCUT2D eigenvalue weighted by atomic mass is 35.5. The van der Waals surface area contributed by atoms with Crippen LogP contribution >= 0.6 is 11.6 Å². The summed E-state index contributed by atoms with van der Waals surface area (Å²) in [5.74, 6) is 0.0572. The second-order valence-corrected chi connectivity index (χ2v) is 5.13. The van der Waals surface area contributed by atoms with E-state index in [1.165, 1.54) is 24.0 Å². The predicted molar refractivity (Wildman–Crippen MR) is 65.2 cm³/mol. The van der Waals surface area contributed by atoms with Crippen molar-refractivity contribution in [2.24, 2.45) is 5.41 Å². The fourth-order valence-corrected chi connectivity index (χ4v) is 2.32. The first-order valence-corrected chi connectivity index (χ1v) is 5.98. The minimum atomic E-state index is -0.0154. The van der Waals surface area contributed by atoms with E-state index < -0.39 is 0 Å². The highest BCUT2D eigenvalue weighted by Crippen LogP contribution is 2.40. The molecule has 1 aliphatic rings. The molecular weight excluding hydrogens is 208 g/mol. The first-order valence-electron chi connectivity index (χ1n) is 5.44. The molecule has 0 spiro atoms. The third-order valence-electron chi connectivity index (χ3n) is 3.11. The Morgan fingerprint density at radius 3 is 2.73 bits per heavy atom. The average molecular weight is 227 g/mol. The maximum Gasteiger partial charge on any atom is 0.170 e. The SMILES string of the molecule is CC1=C(C=CC(=O)CCl)C(C)(C)CCC1. The van der Waals surface area contributed by atoms with Crippen molar-refractivity contribution in [3.63, 3.8) is 0 Å². The van der Waals surface area contributed by atoms with Gasteiger partial charge in [-0.1, -0.05) is 25.5 Å². The van der Waals surface area contributed by atoms with Gasteiger partial charge in [-0.25, -0.2) is 0 Å². The molecule has 1 rings (SSSR count). The Morgan fingerprint density at radius 2 is 2.20 bits per heavy atom. The van der Waals surface area contributed by atoms with Gasteiger partial charge in [-0.2, -0.15) is 0 Å². The van der Waals surface area contributed by atoms with Gasteiger partial charge in [0.25, 0.3) is 0 Å². The van der Waals surface area contributed by atoms with Crippen molar-refractivity contribution in [2.45, 2.75) is 40.0 Å². The zero-order chi connectivity index (χ0) is 11.5. The Labute approximate surface area is 97.2 Å². The van der Waals surface area contributed by atoms with E-state index >= 15 is 0 Å². The Morgan fingerprint density at radius 1 is 1.53 bits per heavy atom. The summed E-state index contributed by atoms with van der Waals surface area (Å²) in [6.45, 7) is 6.63. The van der Waals surface area contributed by atoms with Crippen LogP contribution in [0.4, 0.5) is 0 Å². The van der Waals surface area contributed by atoms with Gasteiger partial charge in [0.1, 0.15) is 0 Å². The number of ketones is 1. The van der Waals surface area contributed by atoms with E-state index in [-0.39, 0.29) is 17.1 Å². The van der Waals surface area contributed by atoms with Gasteiger partial charge in [0, 0.05) is 0 Å². The molecule has 1 nitrogen and oxygen atoms in total. The smallest absolute Gasteiger partial charge is 0.170 e. The minimum Gasteiger partial charge on any atom is -0.294 e. The molecule has 0 saturated heterocycles. The second kappa shape index (κ2) is 4.98. The molecule has 15 heavy (non-hydrogen) atoms. The van der Waals surface area contributed by atoms with Crippen molar-refractivity contribution in [1.82, 2.24) is 0 Å². The van der Waals surface area contributed by atoms with E-state index in [1.807, 2.05) is 6.08 Å². The van der Waals surface area contributed by atoms with Crippen molar-refractivity contribution in [3.8, 4) is 0 Å². The van der Waals surface area contributed by atoms with Gasteiger partial charge in [0.2, 0.25) is 0 Å². The largest absolute Gasteiger partial charge is 0.294 e. The number of carbonyl (C=O) groups excluding carboxylic acids is 1. The summed E-state index contributed by atoms with van der Waals surface area (Å²) in [6.07, 6.45) is 7.16. The normalized spacial score (nSPS) is 21.1. The highest BCUT2D eigenvalue weighted by molar-refractivity contribution is 6.29. The quantitative estimate of drug-likeness (QED) is 0.527. The number of halogens is 1. The monoisotopic (exact) mass is 226 g/mol. The molecular formula is C13H19ClO. The number of carbonyl (C=O) groups is 1. The Hall–Kier alpha value is -0.560. The van der Waals surface area contributed by atoms with Crippen LogP contribution in [0.15, 0.2) is 23.3 Å². The van der Waals surface area contributed by atoms with Crippen LogP contribution in [0.2, 0.25) is 0 Å². The molecule has 0 unspecified atom stereocenters. The molecule has 1 aliphatic carbocycles. The lowest BCUT2D eigenvalue weighted by Crippen LogP contribution is -2.19. The molecule has 0 heterocycles. The lowest BCUT2D eigenvalue weighted by Gasteiger charge is -2.32. The van der Waals surface area contributed by atoms with E-state index in [0.717, 1.165) is 6.42 Å². The van der Waals surface area contributed by atoms with Crippen molar-refractivity contribution >= 4 is 17.4 Å². The van der Waals surface area contributed by atoms with Crippen LogP contribution in [0.5, 0.6) is 0 Å². The predicted octanol–water partition coefficient (Wildman–Crippen LogP) is 3.88. The molecule has 0 bridgehead atoms. The standard InChI is InChI=1S/C13H19ClO/c1-10-5-4-8-13(2,3)12(10)7-6-11(15)9-14/h6-7H,4-5,8-9H2,1-3H3. The number of hydrogen-bond acceptors (Lipinski definition) is 1. The third-order valence-corrected chi connectivity index (χ3v) is 3.37. The van der Waals surface area contributed by atoms with Crippen LogP contribution in [0, 0.1) is 5.41 Å². The number of alkyl halides is 1. The Balaban J connectivity index is 2.90. The summed E-state index contributed by atoms with van der Waals surface area (Å²) in [4.78, 5) is 11.1. The number of rotatable bonds is 3. The summed E-state index contributed by atoms with van der Waals surface area (Å²) in [7, 11) is 0. The van der Waals surface area contributed by atoms with E-state index in [1.54, 1.807) is 6.08 Å². The van der Waals surface area contributed by atoms with Gasteiger partial charge in [0.05, 0.1) is 5.88 Å². The van der Waals surface area contributed by atoms with Gasteiger partial charge < -0.3 is 0 Å². The molecule has 0 aromatic heterocycles. The van der Waals surface area contributed by atoms with E-state index in [0.29, 0.717) is 0 Å². The molecule has 0 aromatic carbocycles. The molecule has 0 fully saturated rings. The minimum absolute atomic E-state index is 0.0154. The molecule has 2 heteroatoms. The van der Waals surface area contributed by atoms with Crippen LogP contribution in [0.25, 0.3) is 0 Å². The summed E-state index contributed by atoms with van der Waals surface area (Å²) in [6, 6.07) is 0. The van der Waals surface area contributed by atoms with Gasteiger partial charge in [-0.05, 0) is 43.3 Å². The third kappa shape index (κ3) is 3.20. The van der Waals surface area contributed by atoms with Crippen LogP contribution in [0.1, 0.15) is 40.0 Å². The molecule has 0 amide bonds. The Bertz CT molecular complexity index is 310. The van der Waals surface area contributed by atoms with E-state index in [4.69, 9.17) is 11.6 Å². The first kappa shape index (κ1) is 12.5. The second-order valence-electron chi connectivity index (χ2n) is 4.86. The average Bonchev–Trinajstić information content (AvgIpc) is 2.15. The van der Waals surface area contributed by atoms with Crippen molar-refractivity contribution < 1.29 is 4.79 Å². The molecule has 0 N–H and O–H groups in total. The van der Waals surface area contributed by atoms with Crippen LogP contribution in [-0.2, 0) is 4.79 Å². The molecule has 0 aliphatic heterocycles. The molecule has 84 valence electrons. The maximum atomic E-state index is 11.1. The van der Waals surface area contributed by atoms with Gasteiger partial charge >= 0.3 is 0 Å². The first-order chi connectivity index (χ1) is 6.97. The molecule has 0 aromatic rings. The zero-order valence-corrected chi connectivity index (χ0v) is 10.5. The lowest BCUT2D eigenvalue weighted by molar-refractivity contribution is -0.112. The number of hydrogen-bond donors (Lipinski definition) is 0. The van der Waals surface area contributed by atoms with E-state index in [2.05, 4.69) is 20.8 Å². The molecule has 0 radical (unpaired) electrons. The van der Waals surface area contributed by atoms with Crippen molar-refractivity contribution in [2.75, 3.05) is 5.88 Å². The van der Waals surface area contributed by atoms with Crippen molar-refractivity contribution in [1.29, 1.82) is 0 Å². The van der Waals surface area contributed by atoms with Crippen molar-refractivity contribution in [3.05, 3.63) is 23.3 Å². The topological polar surface area (TPSA) is 17.1 Å². The fourth-order valence-electron chi connectivity index (χ4n) is 2.23. The lowest BCUT2D eigenvalue weighted by atomic mass is 9.72. The molecule has 0 saturated carbocycles. The molecule has 0 atom stereocenters. The van der Waals surface area contributed by atoms with E-state index in [9.17, 15) is 4.79 Å². The van der Waals surface area contributed by atoms with Gasteiger partial charge in [0.15, 0.2) is 5.78 Å². The Kier molecular flexibility index (Phi) is 4.15. The summed E-state index contributed by atoms with van der Waals surface area (Å²) in [5.41, 5.74) is 2.92. The van der Waals surface area contributed by atoms with Gasteiger partial charge in [-0.15, -0.1) is 11.6 Å². The maximum absolute atomic E-state index is 11.1. The summed E-state index contributed by atoms with van der Waals surface area (Å²) in [5, 5.41) is 0. The van der Waals surface area contributed by atoms with Gasteiger partial charge in [-0.3, -0.25) is 4.79 Å². The summed E-state index contributed by atoms with van der Waals surface area (Å²) >= 11 is 5.46.